The molecule has 1 saturated carbocycles. The van der Waals surface area contributed by atoms with Gasteiger partial charge in [-0.3, -0.25) is 0 Å². The maximum absolute atomic E-state index is 6.38. The first-order chi connectivity index (χ1) is 16.1. The van der Waals surface area contributed by atoms with Gasteiger partial charge in [-0.25, -0.2) is 0 Å². The molecule has 190 valence electrons. The third kappa shape index (κ3) is 9.01. The molecule has 0 N–H and O–H groups in total. The number of unbranched alkanes of at least 4 members (excludes halogenated alkanes) is 3. The molecule has 1 fully saturated rings. The fourth-order valence-corrected chi connectivity index (χ4v) is 7.05. The SMILES string of the molecule is CCCCCCC(CCC)c1ccc(OCCC[Si](OC)(OC)OC)c(C2CCCCC2)c1. The van der Waals surface area contributed by atoms with Crippen molar-refractivity contribution in [2.45, 2.75) is 115 Å². The van der Waals surface area contributed by atoms with E-state index < -0.39 is 8.80 Å². The summed E-state index contributed by atoms with van der Waals surface area (Å²) in [5.74, 6) is 2.41. The lowest BCUT2D eigenvalue weighted by molar-refractivity contribution is 0.121. The molecule has 33 heavy (non-hydrogen) atoms. The maximum atomic E-state index is 6.38. The molecule has 1 aromatic carbocycles. The second-order valence-electron chi connectivity index (χ2n) is 9.71. The number of benzene rings is 1. The molecule has 1 aromatic rings. The minimum atomic E-state index is -2.53. The monoisotopic (exact) mass is 478 g/mol. The van der Waals surface area contributed by atoms with Crippen molar-refractivity contribution in [3.8, 4) is 5.75 Å². The van der Waals surface area contributed by atoms with Crippen molar-refractivity contribution < 1.29 is 18.0 Å². The van der Waals surface area contributed by atoms with E-state index in [1.807, 2.05) is 0 Å². The van der Waals surface area contributed by atoms with Gasteiger partial charge in [0, 0.05) is 27.4 Å². The maximum Gasteiger partial charge on any atom is 0.500 e. The average molecular weight is 479 g/mol. The van der Waals surface area contributed by atoms with Gasteiger partial charge in [-0.1, -0.05) is 77.3 Å². The van der Waals surface area contributed by atoms with Crippen molar-refractivity contribution in [2.75, 3.05) is 27.9 Å². The predicted octanol–water partition coefficient (Wildman–Crippen LogP) is 8.24. The molecule has 0 aromatic heterocycles. The first-order valence-electron chi connectivity index (χ1n) is 13.5. The van der Waals surface area contributed by atoms with Crippen molar-refractivity contribution in [3.05, 3.63) is 29.3 Å². The van der Waals surface area contributed by atoms with Gasteiger partial charge >= 0.3 is 8.80 Å². The van der Waals surface area contributed by atoms with Crippen LogP contribution in [0.15, 0.2) is 18.2 Å². The topological polar surface area (TPSA) is 36.9 Å². The Morgan fingerprint density at radius 3 is 2.21 bits per heavy atom. The van der Waals surface area contributed by atoms with Crippen molar-refractivity contribution in [1.82, 2.24) is 0 Å². The van der Waals surface area contributed by atoms with Crippen LogP contribution < -0.4 is 4.74 Å². The van der Waals surface area contributed by atoms with Crippen LogP contribution in [0, 0.1) is 0 Å². The summed E-state index contributed by atoms with van der Waals surface area (Å²) >= 11 is 0. The second kappa shape index (κ2) is 15.9. The van der Waals surface area contributed by atoms with E-state index in [9.17, 15) is 0 Å². The first-order valence-corrected chi connectivity index (χ1v) is 15.5. The Morgan fingerprint density at radius 1 is 0.848 bits per heavy atom. The molecule has 5 heteroatoms. The van der Waals surface area contributed by atoms with Crippen molar-refractivity contribution in [1.29, 1.82) is 0 Å². The highest BCUT2D eigenvalue weighted by Gasteiger charge is 2.37. The summed E-state index contributed by atoms with van der Waals surface area (Å²) in [6.45, 7) is 5.28. The molecular weight excluding hydrogens is 428 g/mol. The van der Waals surface area contributed by atoms with Crippen molar-refractivity contribution in [2.24, 2.45) is 0 Å². The number of rotatable bonds is 17. The summed E-state index contributed by atoms with van der Waals surface area (Å²) in [6.07, 6.45) is 16.7. The summed E-state index contributed by atoms with van der Waals surface area (Å²) in [7, 11) is 2.49. The lowest BCUT2D eigenvalue weighted by Gasteiger charge is -2.27. The molecule has 1 aliphatic rings. The third-order valence-electron chi connectivity index (χ3n) is 7.41. The van der Waals surface area contributed by atoms with Crippen LogP contribution in [0.5, 0.6) is 5.75 Å². The Hall–Kier alpha value is -0.883. The van der Waals surface area contributed by atoms with Gasteiger partial charge in [0.05, 0.1) is 6.61 Å². The zero-order valence-corrected chi connectivity index (χ0v) is 23.1. The van der Waals surface area contributed by atoms with Crippen LogP contribution in [0.25, 0.3) is 0 Å². The lowest BCUT2D eigenvalue weighted by Crippen LogP contribution is -2.42. The Bertz CT molecular complexity index is 633. The van der Waals surface area contributed by atoms with Crippen LogP contribution >= 0.6 is 0 Å². The standard InChI is InChI=1S/C28H50O4Si/c1-6-8-9-11-16-24(15-7-2)26-19-20-28(27(23-26)25-17-12-10-13-18-25)32-21-14-22-33(29-3,30-4)31-5/h19-20,23-25H,6-18,21-22H2,1-5H3. The minimum absolute atomic E-state index is 0.640. The fraction of sp³-hybridized carbons (Fsp3) is 0.786. The quantitative estimate of drug-likeness (QED) is 0.167. The van der Waals surface area contributed by atoms with Gasteiger partial charge in [0.2, 0.25) is 0 Å². The lowest BCUT2D eigenvalue weighted by atomic mass is 9.81. The van der Waals surface area contributed by atoms with Gasteiger partial charge in [-0.15, -0.1) is 0 Å². The van der Waals surface area contributed by atoms with Crippen LogP contribution in [0.4, 0.5) is 0 Å². The molecule has 0 saturated heterocycles. The van der Waals surface area contributed by atoms with Crippen LogP contribution in [0.2, 0.25) is 6.04 Å². The van der Waals surface area contributed by atoms with E-state index in [0.717, 1.165) is 18.2 Å². The van der Waals surface area contributed by atoms with E-state index in [1.54, 1.807) is 21.3 Å². The summed E-state index contributed by atoms with van der Waals surface area (Å²) in [5, 5.41) is 0. The van der Waals surface area contributed by atoms with Crippen molar-refractivity contribution in [3.63, 3.8) is 0 Å². The molecule has 1 aliphatic carbocycles. The van der Waals surface area contributed by atoms with Crippen LogP contribution in [0.1, 0.15) is 120 Å². The van der Waals surface area contributed by atoms with E-state index in [-0.39, 0.29) is 0 Å². The normalized spacial score (nSPS) is 16.2. The number of hydrogen-bond acceptors (Lipinski definition) is 4. The molecule has 0 amide bonds. The van der Waals surface area contributed by atoms with E-state index in [0.29, 0.717) is 18.4 Å². The number of ether oxygens (including phenoxy) is 1. The second-order valence-corrected chi connectivity index (χ2v) is 12.8. The highest BCUT2D eigenvalue weighted by Crippen LogP contribution is 2.40. The van der Waals surface area contributed by atoms with Crippen LogP contribution in [0.3, 0.4) is 0 Å². The van der Waals surface area contributed by atoms with Gasteiger partial charge in [0.15, 0.2) is 0 Å². The van der Waals surface area contributed by atoms with Crippen molar-refractivity contribution >= 4 is 8.80 Å². The molecule has 2 rings (SSSR count). The molecule has 0 heterocycles. The Balaban J connectivity index is 2.11. The Kier molecular flexibility index (Phi) is 13.7. The molecule has 0 aliphatic heterocycles. The first kappa shape index (κ1) is 28.4. The predicted molar refractivity (Wildman–Crippen MR) is 140 cm³/mol. The summed E-state index contributed by atoms with van der Waals surface area (Å²) < 4.78 is 23.1. The van der Waals surface area contributed by atoms with Crippen LogP contribution in [-0.4, -0.2) is 36.7 Å². The van der Waals surface area contributed by atoms with E-state index >= 15 is 0 Å². The summed E-state index contributed by atoms with van der Waals surface area (Å²) in [6, 6.07) is 7.90. The van der Waals surface area contributed by atoms with Gasteiger partial charge in [-0.2, -0.15) is 0 Å². The van der Waals surface area contributed by atoms with E-state index in [2.05, 4.69) is 32.0 Å². The zero-order chi connectivity index (χ0) is 23.9. The molecule has 0 bridgehead atoms. The third-order valence-corrected chi connectivity index (χ3v) is 10.2. The highest BCUT2D eigenvalue weighted by atomic mass is 28.4. The minimum Gasteiger partial charge on any atom is -0.493 e. The smallest absolute Gasteiger partial charge is 0.493 e. The Labute approximate surface area is 205 Å². The highest BCUT2D eigenvalue weighted by molar-refractivity contribution is 6.60. The molecule has 1 atom stereocenters. The summed E-state index contributed by atoms with van der Waals surface area (Å²) in [4.78, 5) is 0. The molecular formula is C28H50O4Si. The van der Waals surface area contributed by atoms with Gasteiger partial charge < -0.3 is 18.0 Å². The zero-order valence-electron chi connectivity index (χ0n) is 22.1. The average Bonchev–Trinajstić information content (AvgIpc) is 2.87. The largest absolute Gasteiger partial charge is 0.500 e. The Morgan fingerprint density at radius 2 is 1.58 bits per heavy atom. The van der Waals surface area contributed by atoms with Gasteiger partial charge in [0.25, 0.3) is 0 Å². The molecule has 0 radical (unpaired) electrons. The molecule has 4 nitrogen and oxygen atoms in total. The fourth-order valence-electron chi connectivity index (χ4n) is 5.36. The number of hydrogen-bond donors (Lipinski definition) is 0. The summed E-state index contributed by atoms with van der Waals surface area (Å²) in [5.41, 5.74) is 2.99. The van der Waals surface area contributed by atoms with Crippen LogP contribution in [-0.2, 0) is 13.3 Å². The van der Waals surface area contributed by atoms with Gasteiger partial charge in [-0.05, 0) is 61.1 Å². The molecule has 0 spiro atoms. The van der Waals surface area contributed by atoms with E-state index in [4.69, 9.17) is 18.0 Å². The molecule has 1 unspecified atom stereocenters. The van der Waals surface area contributed by atoms with E-state index in [1.165, 1.54) is 88.2 Å². The van der Waals surface area contributed by atoms with Gasteiger partial charge in [0.1, 0.15) is 5.75 Å².